The molecule has 0 aliphatic carbocycles. The molecule has 0 saturated carbocycles. The Bertz CT molecular complexity index is 1180. The number of pyridine rings is 1. The van der Waals surface area contributed by atoms with Gasteiger partial charge in [0.2, 0.25) is 5.13 Å². The first-order chi connectivity index (χ1) is 14.1. The number of ether oxygens (including phenoxy) is 1. The van der Waals surface area contributed by atoms with Gasteiger partial charge in [-0.25, -0.2) is 4.98 Å². The van der Waals surface area contributed by atoms with Crippen LogP contribution >= 0.6 is 11.3 Å². The molecule has 0 atom stereocenters. The van der Waals surface area contributed by atoms with E-state index in [1.165, 1.54) is 22.1 Å². The van der Waals surface area contributed by atoms with E-state index in [9.17, 15) is 9.90 Å². The van der Waals surface area contributed by atoms with Crippen molar-refractivity contribution in [3.05, 3.63) is 46.4 Å². The molecular formula is C20H20N5NaO3S. The van der Waals surface area contributed by atoms with Crippen LogP contribution in [0.4, 0.5) is 0 Å². The van der Waals surface area contributed by atoms with Crippen molar-refractivity contribution in [2.75, 3.05) is 32.8 Å². The van der Waals surface area contributed by atoms with Crippen LogP contribution in [0.5, 0.6) is 5.88 Å². The summed E-state index contributed by atoms with van der Waals surface area (Å²) in [5.41, 5.74) is 2.13. The Balaban J connectivity index is 0.00000218. The van der Waals surface area contributed by atoms with Crippen LogP contribution in [-0.4, -0.2) is 57.1 Å². The van der Waals surface area contributed by atoms with Crippen LogP contribution in [0.15, 0.2) is 35.1 Å². The Morgan fingerprint density at radius 3 is 2.73 bits per heavy atom. The van der Waals surface area contributed by atoms with E-state index < -0.39 is 0 Å². The Morgan fingerprint density at radius 1 is 1.20 bits per heavy atom. The van der Waals surface area contributed by atoms with Gasteiger partial charge in [0.25, 0.3) is 5.56 Å². The van der Waals surface area contributed by atoms with Gasteiger partial charge in [0.1, 0.15) is 0 Å². The molecule has 10 heteroatoms. The summed E-state index contributed by atoms with van der Waals surface area (Å²) >= 11 is 1.41. The van der Waals surface area contributed by atoms with E-state index in [4.69, 9.17) is 4.74 Å². The summed E-state index contributed by atoms with van der Waals surface area (Å²) in [6.07, 6.45) is 0. The molecule has 1 aromatic heterocycles. The normalized spacial score (nSPS) is 15.0. The van der Waals surface area contributed by atoms with Gasteiger partial charge in [0.15, 0.2) is 0 Å². The minimum Gasteiger partial charge on any atom is -0.860 e. The SMILES string of the molecule is Cc1c2c(=O)n(-c3nc4ccccc4s3)nc-2cc([O-])n1CCN1CCOCC1.[Na+]. The molecule has 0 radical (unpaired) electrons. The monoisotopic (exact) mass is 433 g/mol. The summed E-state index contributed by atoms with van der Waals surface area (Å²) in [4.78, 5) is 19.9. The maximum Gasteiger partial charge on any atom is 1.00 e. The van der Waals surface area contributed by atoms with Crippen molar-refractivity contribution in [3.8, 4) is 22.3 Å². The molecule has 1 fully saturated rings. The van der Waals surface area contributed by atoms with Crippen LogP contribution in [0, 0.1) is 6.92 Å². The molecule has 4 heterocycles. The van der Waals surface area contributed by atoms with E-state index in [2.05, 4.69) is 15.0 Å². The summed E-state index contributed by atoms with van der Waals surface area (Å²) in [5, 5.41) is 17.6. The summed E-state index contributed by atoms with van der Waals surface area (Å²) in [6, 6.07) is 9.17. The summed E-state index contributed by atoms with van der Waals surface area (Å²) in [6.45, 7) is 6.24. The molecule has 30 heavy (non-hydrogen) atoms. The fourth-order valence-corrected chi connectivity index (χ4v) is 4.69. The molecule has 150 valence electrons. The number of benzene rings is 1. The molecule has 0 bridgehead atoms. The quantitative estimate of drug-likeness (QED) is 0.363. The molecule has 0 N–H and O–H groups in total. The van der Waals surface area contributed by atoms with Crippen molar-refractivity contribution in [1.82, 2.24) is 24.2 Å². The zero-order chi connectivity index (χ0) is 20.0. The standard InChI is InChI=1S/C20H21N5O3S.Na/c1-13-18-15(12-17(26)24(13)7-6-23-8-10-28-11-9-23)22-25(19(18)27)20-21-14-4-2-3-5-16(14)29-20;/h2-5,12,26H,6-11H2,1H3;/q;+1/p-1. The van der Waals surface area contributed by atoms with Gasteiger partial charge in [-0.15, -0.1) is 0 Å². The number of rotatable bonds is 4. The van der Waals surface area contributed by atoms with Crippen LogP contribution in [0.1, 0.15) is 5.69 Å². The molecule has 3 aliphatic heterocycles. The first-order valence-corrected chi connectivity index (χ1v) is 10.4. The second kappa shape index (κ2) is 8.78. The zero-order valence-electron chi connectivity index (χ0n) is 17.0. The number of hydrogen-bond acceptors (Lipinski definition) is 7. The molecule has 0 unspecified atom stereocenters. The van der Waals surface area contributed by atoms with Gasteiger partial charge in [-0.05, 0) is 31.0 Å². The van der Waals surface area contributed by atoms with E-state index in [0.29, 0.717) is 41.8 Å². The number of morpholine rings is 1. The van der Waals surface area contributed by atoms with E-state index in [-0.39, 0.29) is 41.0 Å². The Kier molecular flexibility index (Phi) is 6.29. The van der Waals surface area contributed by atoms with Crippen molar-refractivity contribution >= 4 is 21.6 Å². The first-order valence-electron chi connectivity index (χ1n) is 9.58. The Morgan fingerprint density at radius 2 is 1.97 bits per heavy atom. The van der Waals surface area contributed by atoms with Crippen molar-refractivity contribution in [3.63, 3.8) is 0 Å². The van der Waals surface area contributed by atoms with Crippen molar-refractivity contribution in [2.45, 2.75) is 13.5 Å². The Hall–Kier alpha value is -1.75. The fourth-order valence-electron chi connectivity index (χ4n) is 3.78. The van der Waals surface area contributed by atoms with Gasteiger partial charge in [-0.3, -0.25) is 9.69 Å². The summed E-state index contributed by atoms with van der Waals surface area (Å²) in [7, 11) is 0. The van der Waals surface area contributed by atoms with Gasteiger partial charge in [-0.2, -0.15) is 9.78 Å². The van der Waals surface area contributed by atoms with Crippen LogP contribution in [0.3, 0.4) is 0 Å². The average molecular weight is 433 g/mol. The number of fused-ring (bicyclic) bond motifs is 2. The van der Waals surface area contributed by atoms with Gasteiger partial charge in [-0.1, -0.05) is 23.5 Å². The van der Waals surface area contributed by atoms with Crippen molar-refractivity contribution in [2.24, 2.45) is 0 Å². The molecule has 5 rings (SSSR count). The third-order valence-electron chi connectivity index (χ3n) is 5.37. The largest absolute Gasteiger partial charge is 1.00 e. The maximum absolute atomic E-state index is 13.1. The van der Waals surface area contributed by atoms with E-state index in [0.717, 1.165) is 29.9 Å². The number of para-hydroxylation sites is 1. The van der Waals surface area contributed by atoms with Gasteiger partial charge in [0.05, 0.1) is 34.7 Å². The Labute approximate surface area is 199 Å². The van der Waals surface area contributed by atoms with Crippen molar-refractivity contribution < 1.29 is 39.4 Å². The van der Waals surface area contributed by atoms with Crippen LogP contribution in [-0.2, 0) is 11.3 Å². The minimum absolute atomic E-state index is 0. The van der Waals surface area contributed by atoms with Crippen LogP contribution < -0.4 is 40.2 Å². The predicted molar refractivity (Wildman–Crippen MR) is 109 cm³/mol. The molecule has 8 nitrogen and oxygen atoms in total. The minimum atomic E-state index is -0.239. The maximum atomic E-state index is 13.1. The molecule has 0 spiro atoms. The second-order valence-electron chi connectivity index (χ2n) is 7.11. The topological polar surface area (TPSA) is 88.2 Å². The van der Waals surface area contributed by atoms with Gasteiger partial charge in [0, 0.05) is 31.9 Å². The number of hydrogen-bond donors (Lipinski definition) is 0. The van der Waals surface area contributed by atoms with E-state index >= 15 is 0 Å². The van der Waals surface area contributed by atoms with Gasteiger partial charge < -0.3 is 14.4 Å². The third kappa shape index (κ3) is 3.81. The smallest absolute Gasteiger partial charge is 0.860 e. The fraction of sp³-hybridized carbons (Fsp3) is 0.350. The second-order valence-corrected chi connectivity index (χ2v) is 8.12. The number of thiazole rings is 1. The first kappa shape index (κ1) is 21.5. The van der Waals surface area contributed by atoms with Crippen LogP contribution in [0.25, 0.3) is 26.6 Å². The summed E-state index contributed by atoms with van der Waals surface area (Å²) in [5.74, 6) is -0.141. The molecule has 0 amide bonds. The van der Waals surface area contributed by atoms with Crippen LogP contribution in [0.2, 0.25) is 0 Å². The number of nitrogens with zero attached hydrogens (tertiary/aromatic N) is 5. The van der Waals surface area contributed by atoms with Gasteiger partial charge >= 0.3 is 29.6 Å². The van der Waals surface area contributed by atoms with E-state index in [1.54, 1.807) is 4.57 Å². The zero-order valence-corrected chi connectivity index (χ0v) is 19.8. The molecule has 1 aromatic carbocycles. The van der Waals surface area contributed by atoms with Crippen molar-refractivity contribution in [1.29, 1.82) is 0 Å². The van der Waals surface area contributed by atoms with E-state index in [1.807, 2.05) is 31.2 Å². The molecule has 2 aromatic rings. The number of aromatic nitrogens is 4. The molecular weight excluding hydrogens is 413 g/mol. The predicted octanol–water partition coefficient (Wildman–Crippen LogP) is -1.53. The molecule has 1 saturated heterocycles. The third-order valence-corrected chi connectivity index (χ3v) is 6.38. The average Bonchev–Trinajstić information content (AvgIpc) is 3.29. The molecule has 3 aliphatic rings. The summed E-state index contributed by atoms with van der Waals surface area (Å²) < 4.78 is 9.34.